The van der Waals surface area contributed by atoms with Crippen molar-refractivity contribution in [2.75, 3.05) is 13.1 Å². The van der Waals surface area contributed by atoms with Gasteiger partial charge in [0.25, 0.3) is 0 Å². The molecule has 92 valence electrons. The molecule has 1 aliphatic heterocycles. The van der Waals surface area contributed by atoms with Crippen LogP contribution in [-0.4, -0.2) is 40.5 Å². The van der Waals surface area contributed by atoms with E-state index < -0.39 is 16.9 Å². The van der Waals surface area contributed by atoms with Crippen LogP contribution in [-0.2, 0) is 9.59 Å². The summed E-state index contributed by atoms with van der Waals surface area (Å²) in [4.78, 5) is 24.6. The molecule has 0 aromatic carbocycles. The lowest BCUT2D eigenvalue weighted by Gasteiger charge is -2.28. The van der Waals surface area contributed by atoms with Crippen molar-refractivity contribution in [3.8, 4) is 0 Å². The van der Waals surface area contributed by atoms with Crippen LogP contribution in [0.2, 0.25) is 0 Å². The average molecular weight is 228 g/mol. The smallest absolute Gasteiger partial charge is 0.325 e. The van der Waals surface area contributed by atoms with Crippen molar-refractivity contribution in [2.45, 2.75) is 39.2 Å². The number of nitrogens with two attached hydrogens (primary N) is 1. The molecule has 0 spiro atoms. The van der Waals surface area contributed by atoms with E-state index in [1.807, 2.05) is 20.8 Å². The molecule has 0 aliphatic carbocycles. The summed E-state index contributed by atoms with van der Waals surface area (Å²) in [7, 11) is 0. The molecule has 0 aromatic rings. The predicted octanol–water partition coefficient (Wildman–Crippen LogP) is 0.437. The fourth-order valence-corrected chi connectivity index (χ4v) is 1.76. The van der Waals surface area contributed by atoms with Crippen LogP contribution in [0.4, 0.5) is 0 Å². The van der Waals surface area contributed by atoms with E-state index in [1.165, 1.54) is 0 Å². The highest BCUT2D eigenvalue weighted by Gasteiger charge is 2.45. The van der Waals surface area contributed by atoms with E-state index in [4.69, 9.17) is 10.8 Å². The van der Waals surface area contributed by atoms with Crippen LogP contribution < -0.4 is 5.73 Å². The summed E-state index contributed by atoms with van der Waals surface area (Å²) in [5, 5.41) is 8.97. The normalized spacial score (nSPS) is 25.9. The maximum Gasteiger partial charge on any atom is 0.325 e. The van der Waals surface area contributed by atoms with E-state index in [0.717, 1.165) is 6.42 Å². The number of nitrogens with zero attached hydrogens (tertiary/aromatic N) is 1. The second-order valence-electron chi connectivity index (χ2n) is 5.18. The van der Waals surface area contributed by atoms with Crippen molar-refractivity contribution in [1.29, 1.82) is 0 Å². The highest BCUT2D eigenvalue weighted by atomic mass is 16.4. The molecule has 1 aliphatic rings. The maximum atomic E-state index is 12.1. The number of rotatable bonds is 3. The van der Waals surface area contributed by atoms with Crippen LogP contribution in [0.5, 0.6) is 0 Å². The molecule has 5 nitrogen and oxygen atoms in total. The summed E-state index contributed by atoms with van der Waals surface area (Å²) >= 11 is 0. The molecule has 1 fully saturated rings. The second-order valence-corrected chi connectivity index (χ2v) is 5.18. The molecule has 0 bridgehead atoms. The fourth-order valence-electron chi connectivity index (χ4n) is 1.76. The third-order valence-electron chi connectivity index (χ3n) is 3.48. The van der Waals surface area contributed by atoms with Crippen molar-refractivity contribution >= 4 is 11.9 Å². The van der Waals surface area contributed by atoms with Crippen molar-refractivity contribution in [2.24, 2.45) is 11.1 Å². The molecule has 5 heteroatoms. The Labute approximate surface area is 95.6 Å². The molecule has 1 amide bonds. The zero-order valence-corrected chi connectivity index (χ0v) is 10.1. The van der Waals surface area contributed by atoms with Gasteiger partial charge in [-0.3, -0.25) is 9.59 Å². The minimum absolute atomic E-state index is 0.0106. The summed E-state index contributed by atoms with van der Waals surface area (Å²) in [5.74, 6) is -1.04. The Morgan fingerprint density at radius 3 is 2.44 bits per heavy atom. The van der Waals surface area contributed by atoms with Gasteiger partial charge in [-0.2, -0.15) is 0 Å². The van der Waals surface area contributed by atoms with Crippen LogP contribution in [0, 0.1) is 5.41 Å². The standard InChI is InChI=1S/C11H20N2O3/c1-4-10(2,3)8(14)13-6-5-11(12,7-13)9(15)16/h4-7,12H2,1-3H3,(H,15,16). The molecular formula is C11H20N2O3. The first-order chi connectivity index (χ1) is 7.23. The van der Waals surface area contributed by atoms with Crippen molar-refractivity contribution in [1.82, 2.24) is 4.90 Å². The molecule has 1 unspecified atom stereocenters. The maximum absolute atomic E-state index is 12.1. The third kappa shape index (κ3) is 2.19. The van der Waals surface area contributed by atoms with Crippen molar-refractivity contribution in [3.05, 3.63) is 0 Å². The van der Waals surface area contributed by atoms with Crippen molar-refractivity contribution in [3.63, 3.8) is 0 Å². The van der Waals surface area contributed by atoms with Gasteiger partial charge >= 0.3 is 5.97 Å². The van der Waals surface area contributed by atoms with Gasteiger partial charge in [-0.05, 0) is 12.8 Å². The molecule has 0 aromatic heterocycles. The number of carbonyl (C=O) groups is 2. The van der Waals surface area contributed by atoms with Gasteiger partial charge in [0.15, 0.2) is 0 Å². The van der Waals surface area contributed by atoms with Crippen LogP contribution >= 0.6 is 0 Å². The van der Waals surface area contributed by atoms with Gasteiger partial charge in [-0.25, -0.2) is 0 Å². The van der Waals surface area contributed by atoms with Crippen LogP contribution in [0.1, 0.15) is 33.6 Å². The van der Waals surface area contributed by atoms with E-state index in [-0.39, 0.29) is 12.5 Å². The lowest BCUT2D eigenvalue weighted by molar-refractivity contribution is -0.144. The SMILES string of the molecule is CCC(C)(C)C(=O)N1CCC(N)(C(=O)O)C1. The molecule has 1 atom stereocenters. The van der Waals surface area contributed by atoms with Gasteiger partial charge in [0, 0.05) is 18.5 Å². The Morgan fingerprint density at radius 2 is 2.06 bits per heavy atom. The third-order valence-corrected chi connectivity index (χ3v) is 3.48. The number of carboxylic acids is 1. The lowest BCUT2D eigenvalue weighted by Crippen LogP contribution is -2.51. The molecule has 0 radical (unpaired) electrons. The average Bonchev–Trinajstić information content (AvgIpc) is 2.61. The van der Waals surface area contributed by atoms with Gasteiger partial charge in [0.05, 0.1) is 0 Å². The number of hydrogen-bond donors (Lipinski definition) is 2. The van der Waals surface area contributed by atoms with Crippen LogP contribution in [0.3, 0.4) is 0 Å². The summed E-state index contributed by atoms with van der Waals surface area (Å²) < 4.78 is 0. The van der Waals surface area contributed by atoms with Gasteiger partial charge in [-0.15, -0.1) is 0 Å². The lowest BCUT2D eigenvalue weighted by atomic mass is 9.88. The minimum Gasteiger partial charge on any atom is -0.480 e. The number of carbonyl (C=O) groups excluding carboxylic acids is 1. The quantitative estimate of drug-likeness (QED) is 0.734. The molecule has 0 saturated carbocycles. The Morgan fingerprint density at radius 1 is 1.50 bits per heavy atom. The number of likely N-dealkylation sites (tertiary alicyclic amines) is 1. The predicted molar refractivity (Wildman–Crippen MR) is 59.8 cm³/mol. The Kier molecular flexibility index (Phi) is 3.28. The number of carboxylic acid groups (broad SMARTS) is 1. The summed E-state index contributed by atoms with van der Waals surface area (Å²) in [6, 6.07) is 0. The largest absolute Gasteiger partial charge is 0.480 e. The van der Waals surface area contributed by atoms with Gasteiger partial charge < -0.3 is 15.7 Å². The Hall–Kier alpha value is -1.10. The first kappa shape index (κ1) is 13.0. The molecular weight excluding hydrogens is 208 g/mol. The van der Waals surface area contributed by atoms with E-state index in [1.54, 1.807) is 4.90 Å². The fraction of sp³-hybridized carbons (Fsp3) is 0.818. The summed E-state index contributed by atoms with van der Waals surface area (Å²) in [6.07, 6.45) is 1.06. The molecule has 1 heterocycles. The molecule has 3 N–H and O–H groups in total. The first-order valence-electron chi connectivity index (χ1n) is 5.54. The number of aliphatic carboxylic acids is 1. The van der Waals surface area contributed by atoms with Gasteiger partial charge in [0.2, 0.25) is 5.91 Å². The van der Waals surface area contributed by atoms with E-state index in [2.05, 4.69) is 0 Å². The number of hydrogen-bond acceptors (Lipinski definition) is 3. The second kappa shape index (κ2) is 4.05. The van der Waals surface area contributed by atoms with E-state index >= 15 is 0 Å². The van der Waals surface area contributed by atoms with Crippen LogP contribution in [0.25, 0.3) is 0 Å². The van der Waals surface area contributed by atoms with Gasteiger partial charge in [0.1, 0.15) is 5.54 Å². The topological polar surface area (TPSA) is 83.6 Å². The van der Waals surface area contributed by atoms with E-state index in [0.29, 0.717) is 13.0 Å². The summed E-state index contributed by atoms with van der Waals surface area (Å²) in [5.41, 5.74) is 4.02. The summed E-state index contributed by atoms with van der Waals surface area (Å²) in [6.45, 7) is 6.23. The molecule has 1 saturated heterocycles. The highest BCUT2D eigenvalue weighted by molar-refractivity contribution is 5.85. The van der Waals surface area contributed by atoms with Crippen LogP contribution in [0.15, 0.2) is 0 Å². The molecule has 16 heavy (non-hydrogen) atoms. The molecule has 1 rings (SSSR count). The zero-order chi connectivity index (χ0) is 12.6. The number of amides is 1. The van der Waals surface area contributed by atoms with Gasteiger partial charge in [-0.1, -0.05) is 20.8 Å². The Bertz CT molecular complexity index is 314. The highest BCUT2D eigenvalue weighted by Crippen LogP contribution is 2.28. The zero-order valence-electron chi connectivity index (χ0n) is 10.1. The Balaban J connectivity index is 2.74. The van der Waals surface area contributed by atoms with Crippen molar-refractivity contribution < 1.29 is 14.7 Å². The van der Waals surface area contributed by atoms with E-state index in [9.17, 15) is 9.59 Å². The monoisotopic (exact) mass is 228 g/mol. The first-order valence-corrected chi connectivity index (χ1v) is 5.54. The minimum atomic E-state index is -1.26.